The quantitative estimate of drug-likeness (QED) is 0.448. The number of carbonyl (C=O) groups excluding carboxylic acids is 1. The van der Waals surface area contributed by atoms with Crippen molar-refractivity contribution in [2.24, 2.45) is 0 Å². The highest BCUT2D eigenvalue weighted by Crippen LogP contribution is 2.21. The number of nitrogens with zero attached hydrogens (tertiary/aromatic N) is 1. The maximum atomic E-state index is 11.2. The number of benzene rings is 1. The summed E-state index contributed by atoms with van der Waals surface area (Å²) in [6.07, 6.45) is 0.495. The molecule has 0 amide bonds. The predicted octanol–water partition coefficient (Wildman–Crippen LogP) is 2.40. The van der Waals surface area contributed by atoms with Crippen molar-refractivity contribution in [1.82, 2.24) is 0 Å². The lowest BCUT2D eigenvalue weighted by Gasteiger charge is -2.04. The van der Waals surface area contributed by atoms with Crippen LogP contribution in [0.25, 0.3) is 0 Å². The molecular weight excluding hydrogens is 222 g/mol. The van der Waals surface area contributed by atoms with E-state index in [2.05, 4.69) is 0 Å². The van der Waals surface area contributed by atoms with Gasteiger partial charge in [0, 0.05) is 18.1 Å². The van der Waals surface area contributed by atoms with E-state index in [1.807, 2.05) is 6.92 Å². The van der Waals surface area contributed by atoms with E-state index >= 15 is 0 Å². The normalized spacial score (nSPS) is 10.0. The zero-order valence-corrected chi connectivity index (χ0v) is 9.93. The zero-order chi connectivity index (χ0) is 12.8. The summed E-state index contributed by atoms with van der Waals surface area (Å²) in [5.74, 6) is -0.330. The van der Waals surface area contributed by atoms with Crippen LogP contribution in [0.4, 0.5) is 5.69 Å². The van der Waals surface area contributed by atoms with Gasteiger partial charge in [-0.3, -0.25) is 14.9 Å². The van der Waals surface area contributed by atoms with Crippen LogP contribution >= 0.6 is 0 Å². The third-order valence-electron chi connectivity index (χ3n) is 2.34. The van der Waals surface area contributed by atoms with Crippen molar-refractivity contribution < 1.29 is 14.5 Å². The van der Waals surface area contributed by atoms with Crippen LogP contribution in [0, 0.1) is 17.0 Å². The lowest BCUT2D eigenvalue weighted by molar-refractivity contribution is -0.385. The Bertz CT molecular complexity index is 429. The fourth-order valence-electron chi connectivity index (χ4n) is 1.56. The molecule has 0 N–H and O–H groups in total. The zero-order valence-electron chi connectivity index (χ0n) is 9.93. The molecule has 0 saturated heterocycles. The lowest BCUT2D eigenvalue weighted by Crippen LogP contribution is -2.06. The number of aryl methyl sites for hydroxylation is 2. The first-order chi connectivity index (χ1) is 8.04. The number of carbonyl (C=O) groups is 1. The Morgan fingerprint density at radius 3 is 2.76 bits per heavy atom. The summed E-state index contributed by atoms with van der Waals surface area (Å²) in [5.41, 5.74) is 1.57. The fraction of sp³-hybridized carbons (Fsp3) is 0.417. The van der Waals surface area contributed by atoms with Gasteiger partial charge in [0.15, 0.2) is 0 Å². The van der Waals surface area contributed by atoms with Gasteiger partial charge in [-0.1, -0.05) is 11.6 Å². The molecule has 0 spiro atoms. The Morgan fingerprint density at radius 2 is 2.18 bits per heavy atom. The van der Waals surface area contributed by atoms with Crippen LogP contribution in [-0.2, 0) is 16.0 Å². The Morgan fingerprint density at radius 1 is 1.47 bits per heavy atom. The van der Waals surface area contributed by atoms with Crippen molar-refractivity contribution in [3.05, 3.63) is 39.4 Å². The largest absolute Gasteiger partial charge is 0.466 e. The van der Waals surface area contributed by atoms with E-state index in [1.165, 1.54) is 6.07 Å². The molecule has 0 bridgehead atoms. The standard InChI is InChI=1S/C12H15NO4/c1-3-17-12(14)7-5-10-8-9(2)4-6-11(10)13(15)16/h4,6,8H,3,5,7H2,1-2H3. The van der Waals surface area contributed by atoms with E-state index in [4.69, 9.17) is 4.74 Å². The number of ether oxygens (including phenoxy) is 1. The number of nitro benzene ring substituents is 1. The second-order valence-electron chi connectivity index (χ2n) is 3.69. The minimum absolute atomic E-state index is 0.0555. The fourth-order valence-corrected chi connectivity index (χ4v) is 1.56. The summed E-state index contributed by atoms with van der Waals surface area (Å²) in [4.78, 5) is 21.6. The third kappa shape index (κ3) is 3.86. The first kappa shape index (κ1) is 13.2. The molecule has 0 heterocycles. The highest BCUT2D eigenvalue weighted by Gasteiger charge is 2.14. The van der Waals surface area contributed by atoms with Crippen LogP contribution in [0.15, 0.2) is 18.2 Å². The maximum Gasteiger partial charge on any atom is 0.306 e. The van der Waals surface area contributed by atoms with E-state index in [9.17, 15) is 14.9 Å². The van der Waals surface area contributed by atoms with Gasteiger partial charge >= 0.3 is 5.97 Å². The summed E-state index contributed by atoms with van der Waals surface area (Å²) in [5, 5.41) is 10.8. The van der Waals surface area contributed by atoms with E-state index < -0.39 is 4.92 Å². The summed E-state index contributed by atoms with van der Waals surface area (Å²) in [6, 6.07) is 4.89. The minimum atomic E-state index is -0.431. The number of esters is 1. The van der Waals surface area contributed by atoms with Crippen molar-refractivity contribution in [3.63, 3.8) is 0 Å². The molecule has 1 aromatic rings. The number of nitro groups is 1. The van der Waals surface area contributed by atoms with Crippen LogP contribution in [0.2, 0.25) is 0 Å². The van der Waals surface area contributed by atoms with Gasteiger partial charge in [-0.05, 0) is 26.3 Å². The highest BCUT2D eigenvalue weighted by molar-refractivity contribution is 5.70. The Hall–Kier alpha value is -1.91. The van der Waals surface area contributed by atoms with Crippen LogP contribution in [0.1, 0.15) is 24.5 Å². The minimum Gasteiger partial charge on any atom is -0.466 e. The molecule has 0 fully saturated rings. The Balaban J connectivity index is 2.78. The molecule has 0 aromatic heterocycles. The van der Waals surface area contributed by atoms with Crippen molar-refractivity contribution in [2.45, 2.75) is 26.7 Å². The van der Waals surface area contributed by atoms with E-state index in [0.717, 1.165) is 5.56 Å². The van der Waals surface area contributed by atoms with Gasteiger partial charge in [0.2, 0.25) is 0 Å². The average Bonchev–Trinajstić information content (AvgIpc) is 2.26. The van der Waals surface area contributed by atoms with Crippen molar-refractivity contribution in [3.8, 4) is 0 Å². The molecule has 5 nitrogen and oxygen atoms in total. The monoisotopic (exact) mass is 237 g/mol. The van der Waals surface area contributed by atoms with Crippen LogP contribution in [0.5, 0.6) is 0 Å². The van der Waals surface area contributed by atoms with Crippen LogP contribution in [0.3, 0.4) is 0 Å². The SMILES string of the molecule is CCOC(=O)CCc1cc(C)ccc1[N+](=O)[O-]. The van der Waals surface area contributed by atoms with Crippen LogP contribution in [-0.4, -0.2) is 17.5 Å². The number of rotatable bonds is 5. The molecular formula is C12H15NO4. The number of hydrogen-bond donors (Lipinski definition) is 0. The van der Waals surface area contributed by atoms with E-state index in [-0.39, 0.29) is 18.1 Å². The predicted molar refractivity (Wildman–Crippen MR) is 62.8 cm³/mol. The topological polar surface area (TPSA) is 69.4 Å². The molecule has 92 valence electrons. The molecule has 0 aliphatic heterocycles. The summed E-state index contributed by atoms with van der Waals surface area (Å²) in [7, 11) is 0. The van der Waals surface area contributed by atoms with Crippen molar-refractivity contribution >= 4 is 11.7 Å². The van der Waals surface area contributed by atoms with Gasteiger partial charge < -0.3 is 4.74 Å². The molecule has 17 heavy (non-hydrogen) atoms. The van der Waals surface area contributed by atoms with Gasteiger partial charge in [0.1, 0.15) is 0 Å². The van der Waals surface area contributed by atoms with Crippen LogP contribution < -0.4 is 0 Å². The average molecular weight is 237 g/mol. The van der Waals surface area contributed by atoms with Gasteiger partial charge in [-0.25, -0.2) is 0 Å². The lowest BCUT2D eigenvalue weighted by atomic mass is 10.0. The molecule has 5 heteroatoms. The van der Waals surface area contributed by atoms with Crippen molar-refractivity contribution in [1.29, 1.82) is 0 Å². The van der Waals surface area contributed by atoms with Gasteiger partial charge in [-0.2, -0.15) is 0 Å². The van der Waals surface area contributed by atoms with E-state index in [1.54, 1.807) is 19.1 Å². The first-order valence-corrected chi connectivity index (χ1v) is 5.44. The van der Waals surface area contributed by atoms with Gasteiger partial charge in [-0.15, -0.1) is 0 Å². The highest BCUT2D eigenvalue weighted by atomic mass is 16.6. The third-order valence-corrected chi connectivity index (χ3v) is 2.34. The summed E-state index contributed by atoms with van der Waals surface area (Å²) < 4.78 is 4.79. The van der Waals surface area contributed by atoms with E-state index in [0.29, 0.717) is 18.6 Å². The van der Waals surface area contributed by atoms with Gasteiger partial charge in [0.05, 0.1) is 11.5 Å². The van der Waals surface area contributed by atoms with Gasteiger partial charge in [0.25, 0.3) is 5.69 Å². The summed E-state index contributed by atoms with van der Waals surface area (Å²) >= 11 is 0. The van der Waals surface area contributed by atoms with Crippen molar-refractivity contribution in [2.75, 3.05) is 6.61 Å². The second kappa shape index (κ2) is 5.98. The smallest absolute Gasteiger partial charge is 0.306 e. The molecule has 0 atom stereocenters. The second-order valence-corrected chi connectivity index (χ2v) is 3.69. The summed E-state index contributed by atoms with van der Waals surface area (Å²) in [6.45, 7) is 3.92. The first-order valence-electron chi connectivity index (χ1n) is 5.44. The molecule has 0 radical (unpaired) electrons. The Labute approximate surface area is 99.5 Å². The maximum absolute atomic E-state index is 11.2. The molecule has 0 aliphatic carbocycles. The molecule has 0 aliphatic rings. The molecule has 0 saturated carbocycles. The molecule has 1 rings (SSSR count). The molecule has 0 unspecified atom stereocenters. The molecule has 1 aromatic carbocycles. The Kier molecular flexibility index (Phi) is 4.63. The number of hydrogen-bond acceptors (Lipinski definition) is 4.